The lowest BCUT2D eigenvalue weighted by Crippen LogP contribution is -2.56. The van der Waals surface area contributed by atoms with Crippen molar-refractivity contribution >= 4 is 35.2 Å². The third-order valence-electron chi connectivity index (χ3n) is 4.52. The number of anilines is 1. The summed E-state index contributed by atoms with van der Waals surface area (Å²) in [4.78, 5) is 37.8. The fraction of sp³-hybridized carbons (Fsp3) is 0.526. The highest BCUT2D eigenvalue weighted by atomic mass is 32.2. The van der Waals surface area contributed by atoms with E-state index in [0.29, 0.717) is 6.54 Å². The van der Waals surface area contributed by atoms with E-state index in [2.05, 4.69) is 16.7 Å². The van der Waals surface area contributed by atoms with Gasteiger partial charge < -0.3 is 15.5 Å². The van der Waals surface area contributed by atoms with E-state index in [-0.39, 0.29) is 35.8 Å². The number of fused-ring (bicyclic) bond motifs is 1. The van der Waals surface area contributed by atoms with Gasteiger partial charge in [-0.3, -0.25) is 14.4 Å². The summed E-state index contributed by atoms with van der Waals surface area (Å²) in [5.41, 5.74) is 2.99. The van der Waals surface area contributed by atoms with Crippen LogP contribution < -0.4 is 10.6 Å². The number of hydrogen-bond donors (Lipinski definition) is 2. The summed E-state index contributed by atoms with van der Waals surface area (Å²) in [5.74, 6) is -0.142. The van der Waals surface area contributed by atoms with Crippen LogP contribution in [0.15, 0.2) is 18.2 Å². The van der Waals surface area contributed by atoms with E-state index in [1.807, 2.05) is 26.0 Å². The maximum Gasteiger partial charge on any atom is 0.234 e. The van der Waals surface area contributed by atoms with Crippen molar-refractivity contribution in [1.82, 2.24) is 10.2 Å². The molecule has 1 atom stereocenters. The molecule has 0 saturated carbocycles. The predicted molar refractivity (Wildman–Crippen MR) is 103 cm³/mol. The van der Waals surface area contributed by atoms with Crippen LogP contribution in [0.5, 0.6) is 0 Å². The zero-order chi connectivity index (χ0) is 18.7. The van der Waals surface area contributed by atoms with Gasteiger partial charge in [0.05, 0.1) is 5.75 Å². The topological polar surface area (TPSA) is 78.5 Å². The third-order valence-corrected chi connectivity index (χ3v) is 5.63. The predicted octanol–water partition coefficient (Wildman–Crippen LogP) is 2.14. The van der Waals surface area contributed by atoms with Crippen molar-refractivity contribution in [3.63, 3.8) is 0 Å². The summed E-state index contributed by atoms with van der Waals surface area (Å²) in [5, 5.41) is 5.72. The summed E-state index contributed by atoms with van der Waals surface area (Å²) in [6.07, 6.45) is 3.23. The molecule has 140 valence electrons. The van der Waals surface area contributed by atoms with Gasteiger partial charge in [0.15, 0.2) is 5.50 Å². The third kappa shape index (κ3) is 4.58. The van der Waals surface area contributed by atoms with Crippen LogP contribution in [0, 0.1) is 5.92 Å². The smallest absolute Gasteiger partial charge is 0.234 e. The molecular weight excluding hydrogens is 350 g/mol. The van der Waals surface area contributed by atoms with Crippen molar-refractivity contribution in [2.45, 2.75) is 45.0 Å². The molecule has 6 nitrogen and oxygen atoms in total. The van der Waals surface area contributed by atoms with Gasteiger partial charge in [-0.15, -0.1) is 11.8 Å². The quantitative estimate of drug-likeness (QED) is 0.747. The molecule has 1 saturated heterocycles. The van der Waals surface area contributed by atoms with Crippen LogP contribution in [0.25, 0.3) is 0 Å². The second-order valence-electron chi connectivity index (χ2n) is 7.23. The lowest BCUT2D eigenvalue weighted by atomic mass is 10.1. The van der Waals surface area contributed by atoms with Crippen LogP contribution in [0.1, 0.15) is 37.8 Å². The molecule has 1 aromatic carbocycles. The van der Waals surface area contributed by atoms with Crippen molar-refractivity contribution < 1.29 is 14.4 Å². The monoisotopic (exact) mass is 375 g/mol. The summed E-state index contributed by atoms with van der Waals surface area (Å²) < 4.78 is 0. The Morgan fingerprint density at radius 2 is 2.08 bits per heavy atom. The zero-order valence-corrected chi connectivity index (χ0v) is 16.0. The van der Waals surface area contributed by atoms with E-state index in [9.17, 15) is 14.4 Å². The van der Waals surface area contributed by atoms with E-state index in [1.165, 1.54) is 29.3 Å². The molecule has 3 rings (SSSR count). The molecule has 2 aliphatic rings. The van der Waals surface area contributed by atoms with Gasteiger partial charge in [-0.1, -0.05) is 19.9 Å². The first-order valence-electron chi connectivity index (χ1n) is 9.04. The average Bonchev–Trinajstić information content (AvgIpc) is 3.03. The van der Waals surface area contributed by atoms with Gasteiger partial charge in [-0.25, -0.2) is 0 Å². The van der Waals surface area contributed by atoms with Crippen molar-refractivity contribution in [2.75, 3.05) is 17.6 Å². The van der Waals surface area contributed by atoms with E-state index >= 15 is 0 Å². The molecule has 1 aliphatic carbocycles. The fourth-order valence-electron chi connectivity index (χ4n) is 3.36. The highest BCUT2D eigenvalue weighted by molar-refractivity contribution is 8.00. The Labute approximate surface area is 158 Å². The van der Waals surface area contributed by atoms with Crippen molar-refractivity contribution in [1.29, 1.82) is 0 Å². The number of aryl methyl sites for hydroxylation is 2. The Balaban J connectivity index is 1.56. The average molecular weight is 375 g/mol. The number of carbonyl (C=O) groups excluding carboxylic acids is 3. The van der Waals surface area contributed by atoms with Gasteiger partial charge in [0, 0.05) is 12.2 Å². The molecule has 1 aromatic rings. The van der Waals surface area contributed by atoms with Crippen molar-refractivity contribution in [2.24, 2.45) is 5.92 Å². The summed E-state index contributed by atoms with van der Waals surface area (Å²) >= 11 is 1.27. The highest BCUT2D eigenvalue weighted by Gasteiger charge is 2.33. The van der Waals surface area contributed by atoms with Crippen LogP contribution in [-0.4, -0.2) is 40.4 Å². The first-order chi connectivity index (χ1) is 12.4. The maximum absolute atomic E-state index is 12.3. The molecular formula is C19H25N3O3S. The highest BCUT2D eigenvalue weighted by Crippen LogP contribution is 2.25. The molecule has 0 bridgehead atoms. The molecule has 1 aliphatic heterocycles. The Morgan fingerprint density at radius 3 is 2.85 bits per heavy atom. The zero-order valence-electron chi connectivity index (χ0n) is 15.2. The standard InChI is InChI=1S/C19H25N3O3S/c1-12(2)10-22-18(25)9-16(23)21-19(22)26-11-17(24)20-15-7-6-13-4-3-5-14(13)8-15/h6-8,12,19H,3-5,9-11H2,1-2H3,(H,20,24)(H,21,23)/t19-/m1/s1. The Kier molecular flexibility index (Phi) is 5.86. The van der Waals surface area contributed by atoms with Gasteiger partial charge in [-0.05, 0) is 48.4 Å². The molecule has 0 spiro atoms. The summed E-state index contributed by atoms with van der Waals surface area (Å²) in [6, 6.07) is 6.06. The Hall–Kier alpha value is -2.02. The number of nitrogens with one attached hydrogen (secondary N) is 2. The van der Waals surface area contributed by atoms with Gasteiger partial charge >= 0.3 is 0 Å². The molecule has 26 heavy (non-hydrogen) atoms. The molecule has 0 aromatic heterocycles. The van der Waals surface area contributed by atoms with Crippen LogP contribution in [0.4, 0.5) is 5.69 Å². The number of carbonyl (C=O) groups is 3. The van der Waals surface area contributed by atoms with Crippen molar-refractivity contribution in [3.8, 4) is 0 Å². The van der Waals surface area contributed by atoms with Gasteiger partial charge in [0.25, 0.3) is 0 Å². The molecule has 7 heteroatoms. The Bertz CT molecular complexity index is 720. The fourth-order valence-corrected chi connectivity index (χ4v) is 4.34. The first-order valence-corrected chi connectivity index (χ1v) is 10.1. The van der Waals surface area contributed by atoms with E-state index < -0.39 is 5.50 Å². The number of hydrogen-bond acceptors (Lipinski definition) is 4. The van der Waals surface area contributed by atoms with Crippen LogP contribution >= 0.6 is 11.8 Å². The minimum atomic E-state index is -0.489. The van der Waals surface area contributed by atoms with Crippen molar-refractivity contribution in [3.05, 3.63) is 29.3 Å². The lowest BCUT2D eigenvalue weighted by molar-refractivity contribution is -0.142. The number of amides is 3. The minimum absolute atomic E-state index is 0.120. The molecule has 3 amide bonds. The number of thioether (sulfide) groups is 1. The largest absolute Gasteiger partial charge is 0.327 e. The van der Waals surface area contributed by atoms with E-state index in [4.69, 9.17) is 0 Å². The molecule has 0 unspecified atom stereocenters. The van der Waals surface area contributed by atoms with Crippen LogP contribution in [0.2, 0.25) is 0 Å². The molecule has 0 radical (unpaired) electrons. The second-order valence-corrected chi connectivity index (χ2v) is 8.30. The summed E-state index contributed by atoms with van der Waals surface area (Å²) in [7, 11) is 0. The number of benzene rings is 1. The molecule has 2 N–H and O–H groups in total. The SMILES string of the molecule is CC(C)CN1C(=O)CC(=O)N[C@H]1SCC(=O)Nc1ccc2c(c1)CCC2. The van der Waals surface area contributed by atoms with Gasteiger partial charge in [0.2, 0.25) is 17.7 Å². The normalized spacial score (nSPS) is 19.5. The second kappa shape index (κ2) is 8.12. The Morgan fingerprint density at radius 1 is 1.31 bits per heavy atom. The van der Waals surface area contributed by atoms with Crippen LogP contribution in [-0.2, 0) is 27.2 Å². The van der Waals surface area contributed by atoms with Crippen LogP contribution in [0.3, 0.4) is 0 Å². The van der Waals surface area contributed by atoms with Gasteiger partial charge in [0.1, 0.15) is 6.42 Å². The first kappa shape index (κ1) is 18.8. The molecule has 1 heterocycles. The van der Waals surface area contributed by atoms with E-state index in [1.54, 1.807) is 4.90 Å². The lowest BCUT2D eigenvalue weighted by Gasteiger charge is -2.36. The number of nitrogens with zero attached hydrogens (tertiary/aromatic N) is 1. The minimum Gasteiger partial charge on any atom is -0.327 e. The van der Waals surface area contributed by atoms with Gasteiger partial charge in [-0.2, -0.15) is 0 Å². The molecule has 1 fully saturated rings. The summed E-state index contributed by atoms with van der Waals surface area (Å²) in [6.45, 7) is 4.60. The number of rotatable bonds is 6. The maximum atomic E-state index is 12.3. The van der Waals surface area contributed by atoms with E-state index in [0.717, 1.165) is 18.5 Å².